The van der Waals surface area contributed by atoms with Gasteiger partial charge in [0.15, 0.2) is 6.10 Å². The largest absolute Gasteiger partial charge is 0.481 e. The maximum atomic E-state index is 12.9. The van der Waals surface area contributed by atoms with Crippen LogP contribution in [0.2, 0.25) is 0 Å². The molecule has 7 heteroatoms. The van der Waals surface area contributed by atoms with E-state index in [4.69, 9.17) is 9.72 Å². The maximum absolute atomic E-state index is 12.9. The molecule has 0 saturated carbocycles. The van der Waals surface area contributed by atoms with Gasteiger partial charge >= 0.3 is 12.1 Å². The van der Waals surface area contributed by atoms with Crippen molar-refractivity contribution < 1.29 is 27.8 Å². The topological polar surface area (TPSA) is 59.4 Å². The molecular weight excluding hydrogens is 539 g/mol. The van der Waals surface area contributed by atoms with Gasteiger partial charge in [0.2, 0.25) is 0 Å². The first-order chi connectivity index (χ1) is 20.2. The highest BCUT2D eigenvalue weighted by molar-refractivity contribution is 5.83. The molecule has 0 bridgehead atoms. The molecule has 0 aliphatic rings. The highest BCUT2D eigenvalue weighted by Crippen LogP contribution is 2.37. The lowest BCUT2D eigenvalue weighted by Crippen LogP contribution is -2.28. The molecule has 2 unspecified atom stereocenters. The van der Waals surface area contributed by atoms with E-state index in [9.17, 15) is 23.1 Å². The van der Waals surface area contributed by atoms with E-state index in [1.54, 1.807) is 0 Å². The molecule has 0 radical (unpaired) electrons. The van der Waals surface area contributed by atoms with Gasteiger partial charge in [0.1, 0.15) is 0 Å². The van der Waals surface area contributed by atoms with E-state index in [2.05, 4.69) is 49.4 Å². The Labute approximate surface area is 248 Å². The third kappa shape index (κ3) is 10.9. The van der Waals surface area contributed by atoms with Crippen LogP contribution in [-0.2, 0) is 16.0 Å². The SMILES string of the molecule is CCCCCCCc1ccc(-c2cc(C(CCCOC(C)C(F)(F)F)CCCC(=O)O)ccc2-c2ccccc2)cn1. The van der Waals surface area contributed by atoms with Crippen molar-refractivity contribution >= 4 is 5.97 Å². The number of pyridine rings is 1. The lowest BCUT2D eigenvalue weighted by molar-refractivity contribution is -0.214. The van der Waals surface area contributed by atoms with Crippen LogP contribution >= 0.6 is 0 Å². The summed E-state index contributed by atoms with van der Waals surface area (Å²) in [6, 6.07) is 20.6. The number of ether oxygens (including phenoxy) is 1. The fraction of sp³-hybridized carbons (Fsp3) is 0.486. The van der Waals surface area contributed by atoms with E-state index >= 15 is 0 Å². The van der Waals surface area contributed by atoms with E-state index in [0.717, 1.165) is 53.3 Å². The lowest BCUT2D eigenvalue weighted by atomic mass is 9.85. The number of halogens is 3. The summed E-state index contributed by atoms with van der Waals surface area (Å²) in [5.41, 5.74) is 6.30. The number of unbranched alkanes of at least 4 members (excludes halogenated alkanes) is 4. The summed E-state index contributed by atoms with van der Waals surface area (Å²) >= 11 is 0. The van der Waals surface area contributed by atoms with Crippen molar-refractivity contribution in [2.45, 2.75) is 103 Å². The summed E-state index contributed by atoms with van der Waals surface area (Å²) in [5.74, 6) is -0.860. The molecule has 0 spiro atoms. The minimum absolute atomic E-state index is 0.00507. The Balaban J connectivity index is 1.85. The molecule has 3 rings (SSSR count). The van der Waals surface area contributed by atoms with Gasteiger partial charge < -0.3 is 9.84 Å². The molecule has 1 N–H and O–H groups in total. The molecule has 3 aromatic rings. The molecule has 0 fully saturated rings. The Kier molecular flexibility index (Phi) is 13.5. The van der Waals surface area contributed by atoms with Gasteiger partial charge in [-0.05, 0) is 79.7 Å². The molecule has 0 amide bonds. The van der Waals surface area contributed by atoms with Crippen LogP contribution in [0.15, 0.2) is 66.9 Å². The van der Waals surface area contributed by atoms with Crippen LogP contribution in [0.3, 0.4) is 0 Å². The minimum atomic E-state index is -4.39. The standard InChI is InChI=1S/C35H44F3NO3/c1-3-4-5-6-10-17-31-21-19-30(25-39-31)33-24-29(20-22-32(33)28-13-8-7-9-14-28)27(15-11-18-34(40)41)16-12-23-42-26(2)35(36,37)38/h7-9,13-14,19-22,24-27H,3-6,10-12,15-18,23H2,1-2H3,(H,40,41). The molecule has 2 aromatic carbocycles. The predicted molar refractivity (Wildman–Crippen MR) is 163 cm³/mol. The smallest absolute Gasteiger partial charge is 0.414 e. The lowest BCUT2D eigenvalue weighted by Gasteiger charge is -2.21. The molecule has 228 valence electrons. The van der Waals surface area contributed by atoms with Crippen LogP contribution in [0.1, 0.15) is 95.2 Å². The maximum Gasteiger partial charge on any atom is 0.414 e. The molecule has 1 aromatic heterocycles. The zero-order valence-electron chi connectivity index (χ0n) is 24.8. The Hall–Kier alpha value is -3.19. The number of aliphatic carboxylic acids is 1. The second kappa shape index (κ2) is 17.1. The number of aryl methyl sites for hydroxylation is 1. The molecule has 0 aliphatic carbocycles. The second-order valence-corrected chi connectivity index (χ2v) is 11.1. The van der Waals surface area contributed by atoms with Gasteiger partial charge in [-0.25, -0.2) is 0 Å². The third-order valence-electron chi connectivity index (χ3n) is 7.74. The van der Waals surface area contributed by atoms with E-state index in [1.807, 2.05) is 24.4 Å². The van der Waals surface area contributed by atoms with Crippen LogP contribution in [0, 0.1) is 0 Å². The molecule has 0 aliphatic heterocycles. The summed E-state index contributed by atoms with van der Waals surface area (Å²) in [4.78, 5) is 16.0. The zero-order chi connectivity index (χ0) is 30.4. The number of hydrogen-bond acceptors (Lipinski definition) is 3. The van der Waals surface area contributed by atoms with Gasteiger partial charge in [0, 0.05) is 30.5 Å². The average Bonchev–Trinajstić information content (AvgIpc) is 2.98. The molecule has 1 heterocycles. The van der Waals surface area contributed by atoms with Crippen molar-refractivity contribution in [3.8, 4) is 22.3 Å². The van der Waals surface area contributed by atoms with Gasteiger partial charge in [-0.2, -0.15) is 13.2 Å². The molecule has 2 atom stereocenters. The molecule has 4 nitrogen and oxygen atoms in total. The quantitative estimate of drug-likeness (QED) is 0.151. The highest BCUT2D eigenvalue weighted by Gasteiger charge is 2.36. The fourth-order valence-corrected chi connectivity index (χ4v) is 5.23. The van der Waals surface area contributed by atoms with E-state index < -0.39 is 18.2 Å². The first-order valence-corrected chi connectivity index (χ1v) is 15.2. The van der Waals surface area contributed by atoms with Crippen molar-refractivity contribution in [3.63, 3.8) is 0 Å². The highest BCUT2D eigenvalue weighted by atomic mass is 19.4. The summed E-state index contributed by atoms with van der Waals surface area (Å²) < 4.78 is 43.6. The first-order valence-electron chi connectivity index (χ1n) is 15.2. The first kappa shape index (κ1) is 33.3. The summed E-state index contributed by atoms with van der Waals surface area (Å²) in [5, 5.41) is 9.18. The Morgan fingerprint density at radius 3 is 2.29 bits per heavy atom. The number of rotatable bonds is 18. The monoisotopic (exact) mass is 583 g/mol. The summed E-state index contributed by atoms with van der Waals surface area (Å²) in [7, 11) is 0. The van der Waals surface area contributed by atoms with Crippen LogP contribution in [0.5, 0.6) is 0 Å². The normalized spacial score (nSPS) is 13.2. The number of aromatic nitrogens is 1. The van der Waals surface area contributed by atoms with Crippen LogP contribution < -0.4 is 0 Å². The number of alkyl halides is 3. The molecular formula is C35H44F3NO3. The van der Waals surface area contributed by atoms with Crippen LogP contribution in [-0.4, -0.2) is 34.9 Å². The van der Waals surface area contributed by atoms with E-state index in [-0.39, 0.29) is 18.9 Å². The van der Waals surface area contributed by atoms with Crippen molar-refractivity contribution in [1.29, 1.82) is 0 Å². The number of hydrogen-bond donors (Lipinski definition) is 1. The molecule has 0 saturated heterocycles. The van der Waals surface area contributed by atoms with Crippen LogP contribution in [0.4, 0.5) is 13.2 Å². The summed E-state index contributed by atoms with van der Waals surface area (Å²) in [6.45, 7) is 3.23. The third-order valence-corrected chi connectivity index (χ3v) is 7.74. The Morgan fingerprint density at radius 2 is 1.62 bits per heavy atom. The Morgan fingerprint density at radius 1 is 0.881 bits per heavy atom. The van der Waals surface area contributed by atoms with Crippen molar-refractivity contribution in [1.82, 2.24) is 4.98 Å². The van der Waals surface area contributed by atoms with Gasteiger partial charge in [0.25, 0.3) is 0 Å². The van der Waals surface area contributed by atoms with Gasteiger partial charge in [-0.1, -0.05) is 87.2 Å². The fourth-order valence-electron chi connectivity index (χ4n) is 5.23. The number of benzene rings is 2. The van der Waals surface area contributed by atoms with Gasteiger partial charge in [-0.15, -0.1) is 0 Å². The second-order valence-electron chi connectivity index (χ2n) is 11.1. The van der Waals surface area contributed by atoms with Gasteiger partial charge in [0.05, 0.1) is 0 Å². The van der Waals surface area contributed by atoms with Gasteiger partial charge in [-0.3, -0.25) is 9.78 Å². The van der Waals surface area contributed by atoms with Crippen molar-refractivity contribution in [2.75, 3.05) is 6.61 Å². The van der Waals surface area contributed by atoms with E-state index in [0.29, 0.717) is 25.7 Å². The van der Waals surface area contributed by atoms with E-state index in [1.165, 1.54) is 25.7 Å². The Bertz CT molecular complexity index is 1210. The van der Waals surface area contributed by atoms with Crippen LogP contribution in [0.25, 0.3) is 22.3 Å². The summed E-state index contributed by atoms with van der Waals surface area (Å²) in [6.07, 6.45) is 4.98. The average molecular weight is 584 g/mol. The predicted octanol–water partition coefficient (Wildman–Crippen LogP) is 10.0. The molecule has 42 heavy (non-hydrogen) atoms. The number of carboxylic acid groups (broad SMARTS) is 1. The minimum Gasteiger partial charge on any atom is -0.481 e. The van der Waals surface area contributed by atoms with Crippen molar-refractivity contribution in [2.24, 2.45) is 0 Å². The number of nitrogens with zero attached hydrogens (tertiary/aromatic N) is 1. The number of carbonyl (C=O) groups is 1. The van der Waals surface area contributed by atoms with Crippen molar-refractivity contribution in [3.05, 3.63) is 78.1 Å². The number of carboxylic acids is 1. The zero-order valence-corrected chi connectivity index (χ0v) is 24.8.